The molecule has 7 heteroatoms. The molecule has 0 aliphatic carbocycles. The maximum Gasteiger partial charge on any atom is 0.433 e. The zero-order chi connectivity index (χ0) is 10.9. The van der Waals surface area contributed by atoms with Crippen molar-refractivity contribution in [1.82, 2.24) is 19.5 Å². The summed E-state index contributed by atoms with van der Waals surface area (Å²) in [5.74, 6) is -0.0534. The number of alkyl halides is 3. The summed E-state index contributed by atoms with van der Waals surface area (Å²) in [4.78, 5) is 10.8. The van der Waals surface area contributed by atoms with Crippen LogP contribution in [0.2, 0.25) is 0 Å². The van der Waals surface area contributed by atoms with Crippen molar-refractivity contribution in [3.63, 3.8) is 0 Å². The second kappa shape index (κ2) is 3.34. The minimum atomic E-state index is -4.46. The summed E-state index contributed by atoms with van der Waals surface area (Å²) < 4.78 is 38.2. The maximum atomic E-state index is 12.3. The molecular weight excluding hydrogens is 209 g/mol. The summed E-state index contributed by atoms with van der Waals surface area (Å²) >= 11 is 0. The summed E-state index contributed by atoms with van der Waals surface area (Å²) in [6.45, 7) is 0. The molecule has 0 bridgehead atoms. The highest BCUT2D eigenvalue weighted by molar-refractivity contribution is 5.15. The normalized spacial score (nSPS) is 11.7. The van der Waals surface area contributed by atoms with Crippen LogP contribution in [0.4, 0.5) is 13.2 Å². The first-order valence-corrected chi connectivity index (χ1v) is 3.96. The molecule has 2 aromatic heterocycles. The van der Waals surface area contributed by atoms with E-state index in [9.17, 15) is 13.2 Å². The Morgan fingerprint density at radius 1 is 1.20 bits per heavy atom. The van der Waals surface area contributed by atoms with Crippen molar-refractivity contribution >= 4 is 0 Å². The van der Waals surface area contributed by atoms with Crippen LogP contribution >= 0.6 is 0 Å². The van der Waals surface area contributed by atoms with E-state index in [2.05, 4.69) is 15.0 Å². The van der Waals surface area contributed by atoms with Gasteiger partial charge in [0.05, 0.1) is 0 Å². The molecule has 78 valence electrons. The molecule has 0 N–H and O–H groups in total. The van der Waals surface area contributed by atoms with Gasteiger partial charge in [0.25, 0.3) is 0 Å². The zero-order valence-corrected chi connectivity index (χ0v) is 7.31. The molecule has 0 atom stereocenters. The van der Waals surface area contributed by atoms with Crippen molar-refractivity contribution in [1.29, 1.82) is 0 Å². The van der Waals surface area contributed by atoms with E-state index >= 15 is 0 Å². The molecule has 2 heterocycles. The molecule has 0 saturated carbocycles. The predicted octanol–water partition coefficient (Wildman–Crippen LogP) is 1.68. The monoisotopic (exact) mass is 214 g/mol. The van der Waals surface area contributed by atoms with Gasteiger partial charge >= 0.3 is 6.18 Å². The molecule has 0 aliphatic heterocycles. The van der Waals surface area contributed by atoms with E-state index in [4.69, 9.17) is 0 Å². The van der Waals surface area contributed by atoms with Crippen molar-refractivity contribution in [2.45, 2.75) is 6.18 Å². The van der Waals surface area contributed by atoms with Crippen LogP contribution in [0.25, 0.3) is 5.95 Å². The lowest BCUT2D eigenvalue weighted by Crippen LogP contribution is -2.10. The van der Waals surface area contributed by atoms with Crippen molar-refractivity contribution < 1.29 is 13.2 Å². The van der Waals surface area contributed by atoms with Crippen molar-refractivity contribution in [3.8, 4) is 5.95 Å². The highest BCUT2D eigenvalue weighted by Gasteiger charge is 2.32. The molecule has 0 amide bonds. The minimum Gasteiger partial charge on any atom is -0.274 e. The Kier molecular flexibility index (Phi) is 2.14. The number of aromatic nitrogens is 4. The lowest BCUT2D eigenvalue weighted by atomic mass is 10.4. The Labute approximate surface area is 82.4 Å². The molecule has 2 aromatic rings. The topological polar surface area (TPSA) is 43.6 Å². The lowest BCUT2D eigenvalue weighted by molar-refractivity contribution is -0.141. The van der Waals surface area contributed by atoms with E-state index in [1.807, 2.05) is 0 Å². The fraction of sp³-hybridized carbons (Fsp3) is 0.125. The third-order valence-electron chi connectivity index (χ3n) is 1.67. The van der Waals surface area contributed by atoms with Crippen LogP contribution in [-0.4, -0.2) is 19.5 Å². The van der Waals surface area contributed by atoms with Gasteiger partial charge in [0.1, 0.15) is 12.0 Å². The Hall–Kier alpha value is -1.92. The molecule has 0 aliphatic rings. The van der Waals surface area contributed by atoms with Gasteiger partial charge in [0.15, 0.2) is 0 Å². The van der Waals surface area contributed by atoms with Crippen LogP contribution in [0, 0.1) is 0 Å². The van der Waals surface area contributed by atoms with E-state index in [0.29, 0.717) is 0 Å². The molecule has 0 spiro atoms. The Morgan fingerprint density at radius 3 is 2.60 bits per heavy atom. The van der Waals surface area contributed by atoms with Crippen LogP contribution in [-0.2, 0) is 6.18 Å². The first kappa shape index (κ1) is 9.63. The molecule has 0 saturated heterocycles. The first-order chi connectivity index (χ1) is 7.07. The molecule has 0 radical (unpaired) electrons. The number of hydrogen-bond donors (Lipinski definition) is 0. The highest BCUT2D eigenvalue weighted by atomic mass is 19.4. The Bertz CT molecular complexity index is 449. The Balaban J connectivity index is 2.44. The summed E-state index contributed by atoms with van der Waals surface area (Å²) in [6.07, 6.45) is 0.831. The minimum absolute atomic E-state index is 0.0534. The summed E-state index contributed by atoms with van der Waals surface area (Å²) in [6, 6.07) is 0.820. The lowest BCUT2D eigenvalue weighted by Gasteiger charge is -2.06. The van der Waals surface area contributed by atoms with E-state index in [0.717, 1.165) is 12.3 Å². The van der Waals surface area contributed by atoms with Gasteiger partial charge in [0.2, 0.25) is 5.95 Å². The molecule has 15 heavy (non-hydrogen) atoms. The average Bonchev–Trinajstić information content (AvgIpc) is 2.69. The van der Waals surface area contributed by atoms with Crippen molar-refractivity contribution in [3.05, 3.63) is 36.7 Å². The SMILES string of the molecule is FC(F)(F)c1ccnc(-n2ccnc2)n1. The number of halogens is 3. The van der Waals surface area contributed by atoms with Crippen molar-refractivity contribution in [2.75, 3.05) is 0 Å². The van der Waals surface area contributed by atoms with Gasteiger partial charge in [-0.05, 0) is 6.07 Å². The Morgan fingerprint density at radius 2 is 2.00 bits per heavy atom. The number of imidazole rings is 1. The number of rotatable bonds is 1. The average molecular weight is 214 g/mol. The zero-order valence-electron chi connectivity index (χ0n) is 7.31. The van der Waals surface area contributed by atoms with Gasteiger partial charge in [-0.15, -0.1) is 0 Å². The second-order valence-corrected chi connectivity index (χ2v) is 2.71. The fourth-order valence-electron chi connectivity index (χ4n) is 1.01. The summed E-state index contributed by atoms with van der Waals surface area (Å²) in [5, 5.41) is 0. The molecule has 0 unspecified atom stereocenters. The van der Waals surface area contributed by atoms with Gasteiger partial charge < -0.3 is 0 Å². The van der Waals surface area contributed by atoms with E-state index in [1.165, 1.54) is 23.3 Å². The fourth-order valence-corrected chi connectivity index (χ4v) is 1.01. The highest BCUT2D eigenvalue weighted by Crippen LogP contribution is 2.27. The number of nitrogens with zero attached hydrogens (tertiary/aromatic N) is 4. The first-order valence-electron chi connectivity index (χ1n) is 3.96. The predicted molar refractivity (Wildman–Crippen MR) is 44.2 cm³/mol. The second-order valence-electron chi connectivity index (χ2n) is 2.71. The van der Waals surface area contributed by atoms with Crippen LogP contribution in [0.5, 0.6) is 0 Å². The van der Waals surface area contributed by atoms with Gasteiger partial charge in [0, 0.05) is 18.6 Å². The van der Waals surface area contributed by atoms with Crippen LogP contribution in [0.15, 0.2) is 31.0 Å². The van der Waals surface area contributed by atoms with Gasteiger partial charge in [-0.1, -0.05) is 0 Å². The van der Waals surface area contributed by atoms with E-state index in [-0.39, 0.29) is 5.95 Å². The largest absolute Gasteiger partial charge is 0.433 e. The smallest absolute Gasteiger partial charge is 0.274 e. The van der Waals surface area contributed by atoms with E-state index in [1.54, 1.807) is 0 Å². The molecule has 2 rings (SSSR count). The van der Waals surface area contributed by atoms with Gasteiger partial charge in [-0.25, -0.2) is 15.0 Å². The van der Waals surface area contributed by atoms with Crippen LogP contribution < -0.4 is 0 Å². The molecular formula is C8H5F3N4. The third kappa shape index (κ3) is 1.95. The van der Waals surface area contributed by atoms with Crippen molar-refractivity contribution in [2.24, 2.45) is 0 Å². The van der Waals surface area contributed by atoms with Gasteiger partial charge in [-0.2, -0.15) is 13.2 Å². The standard InChI is InChI=1S/C8H5F3N4/c9-8(10,11)6-1-2-13-7(14-6)15-4-3-12-5-15/h1-5H. The molecule has 0 fully saturated rings. The maximum absolute atomic E-state index is 12.3. The van der Waals surface area contributed by atoms with Crippen LogP contribution in [0.1, 0.15) is 5.69 Å². The summed E-state index contributed by atoms with van der Waals surface area (Å²) in [5.41, 5.74) is -0.971. The summed E-state index contributed by atoms with van der Waals surface area (Å²) in [7, 11) is 0. The quantitative estimate of drug-likeness (QED) is 0.725. The molecule has 0 aromatic carbocycles. The number of hydrogen-bond acceptors (Lipinski definition) is 3. The molecule has 4 nitrogen and oxygen atoms in total. The third-order valence-corrected chi connectivity index (χ3v) is 1.67. The van der Waals surface area contributed by atoms with Crippen LogP contribution in [0.3, 0.4) is 0 Å². The van der Waals surface area contributed by atoms with Gasteiger partial charge in [-0.3, -0.25) is 4.57 Å². The van der Waals surface area contributed by atoms with E-state index < -0.39 is 11.9 Å².